The zero-order chi connectivity index (χ0) is 17.8. The van der Waals surface area contributed by atoms with Crippen molar-refractivity contribution in [3.05, 3.63) is 35.2 Å². The summed E-state index contributed by atoms with van der Waals surface area (Å²) in [5.41, 5.74) is 2.47. The van der Waals surface area contributed by atoms with Gasteiger partial charge in [0.15, 0.2) is 0 Å². The third-order valence-corrected chi connectivity index (χ3v) is 2.53. The van der Waals surface area contributed by atoms with Gasteiger partial charge in [-0.3, -0.25) is 0 Å². The van der Waals surface area contributed by atoms with Crippen LogP contribution < -0.4 is 11.1 Å². The molecule has 0 aliphatic heterocycles. The van der Waals surface area contributed by atoms with Crippen molar-refractivity contribution in [2.75, 3.05) is 12.3 Å². The van der Waals surface area contributed by atoms with E-state index in [2.05, 4.69) is 5.32 Å². The Balaban J connectivity index is 2.81. The van der Waals surface area contributed by atoms with E-state index in [4.69, 9.17) is 10.5 Å². The van der Waals surface area contributed by atoms with Crippen LogP contribution in [-0.4, -0.2) is 18.2 Å². The number of nitrogens with one attached hydrogen (secondary N) is 1. The third-order valence-electron chi connectivity index (χ3n) is 2.53. The highest BCUT2D eigenvalue weighted by Crippen LogP contribution is 2.34. The number of amides is 1. The number of anilines is 1. The molecule has 1 amide bonds. The highest BCUT2D eigenvalue weighted by molar-refractivity contribution is 5.68. The molecule has 8 heteroatoms. The lowest BCUT2D eigenvalue weighted by atomic mass is 10.0. The van der Waals surface area contributed by atoms with E-state index in [-0.39, 0.29) is 12.1 Å². The fourth-order valence-corrected chi connectivity index (χ4v) is 1.63. The van der Waals surface area contributed by atoms with Crippen molar-refractivity contribution < 1.29 is 27.1 Å². The number of hydrogen-bond donors (Lipinski definition) is 2. The van der Waals surface area contributed by atoms with Gasteiger partial charge >= 0.3 is 12.3 Å². The smallest absolute Gasteiger partial charge is 0.417 e. The molecule has 0 aromatic heterocycles. The first-order valence-electron chi connectivity index (χ1n) is 6.70. The Bertz CT molecular complexity index is 605. The van der Waals surface area contributed by atoms with Crippen LogP contribution in [0, 0.1) is 5.82 Å². The Hall–Kier alpha value is -2.25. The van der Waals surface area contributed by atoms with E-state index in [1.807, 2.05) is 0 Å². The molecule has 23 heavy (non-hydrogen) atoms. The second-order valence-electron chi connectivity index (χ2n) is 5.74. The van der Waals surface area contributed by atoms with E-state index < -0.39 is 34.9 Å². The van der Waals surface area contributed by atoms with Gasteiger partial charge in [0.2, 0.25) is 0 Å². The molecule has 128 valence electrons. The minimum Gasteiger partial charge on any atom is -0.444 e. The first kappa shape index (κ1) is 18.8. The number of benzene rings is 1. The van der Waals surface area contributed by atoms with Crippen molar-refractivity contribution in [1.82, 2.24) is 5.32 Å². The molecule has 0 heterocycles. The number of hydrogen-bond acceptors (Lipinski definition) is 3. The zero-order valence-corrected chi connectivity index (χ0v) is 12.9. The van der Waals surface area contributed by atoms with Crippen molar-refractivity contribution in [3.63, 3.8) is 0 Å². The number of ether oxygens (including phenoxy) is 1. The van der Waals surface area contributed by atoms with Gasteiger partial charge < -0.3 is 15.8 Å². The Morgan fingerprint density at radius 1 is 1.30 bits per heavy atom. The van der Waals surface area contributed by atoms with Crippen molar-refractivity contribution in [1.29, 1.82) is 0 Å². The maximum atomic E-state index is 13.4. The van der Waals surface area contributed by atoms with Gasteiger partial charge in [-0.05, 0) is 38.5 Å². The largest absolute Gasteiger partial charge is 0.444 e. The Morgan fingerprint density at radius 2 is 1.91 bits per heavy atom. The molecule has 0 spiro atoms. The number of rotatable bonds is 3. The predicted molar refractivity (Wildman–Crippen MR) is 79.1 cm³/mol. The second kappa shape index (κ2) is 6.89. The summed E-state index contributed by atoms with van der Waals surface area (Å²) >= 11 is 0. The van der Waals surface area contributed by atoms with Crippen LogP contribution in [0.1, 0.15) is 31.9 Å². The van der Waals surface area contributed by atoms with E-state index in [0.29, 0.717) is 12.1 Å². The summed E-state index contributed by atoms with van der Waals surface area (Å²) < 4.78 is 57.0. The molecule has 0 saturated carbocycles. The Morgan fingerprint density at radius 3 is 2.43 bits per heavy atom. The van der Waals surface area contributed by atoms with Gasteiger partial charge in [0, 0.05) is 6.54 Å². The third kappa shape index (κ3) is 6.17. The molecular formula is C15H18F4N2O2. The minimum absolute atomic E-state index is 0.0712. The topological polar surface area (TPSA) is 64.3 Å². The molecule has 0 fully saturated rings. The van der Waals surface area contributed by atoms with Gasteiger partial charge in [-0.15, -0.1) is 0 Å². The number of nitrogens with two attached hydrogens (primary N) is 1. The summed E-state index contributed by atoms with van der Waals surface area (Å²) in [5.74, 6) is -0.947. The maximum absolute atomic E-state index is 13.4. The lowest BCUT2D eigenvalue weighted by molar-refractivity contribution is -0.137. The molecule has 0 unspecified atom stereocenters. The highest BCUT2D eigenvalue weighted by Gasteiger charge is 2.33. The quantitative estimate of drug-likeness (QED) is 0.649. The average molecular weight is 334 g/mol. The van der Waals surface area contributed by atoms with Gasteiger partial charge in [0.05, 0.1) is 11.3 Å². The minimum atomic E-state index is -4.67. The lowest BCUT2D eigenvalue weighted by Crippen LogP contribution is -2.32. The molecule has 0 aliphatic rings. The number of carbonyl (C=O) groups excluding carboxylic acids is 1. The molecular weight excluding hydrogens is 316 g/mol. The molecule has 0 atom stereocenters. The van der Waals surface area contributed by atoms with Gasteiger partial charge in [-0.25, -0.2) is 9.18 Å². The van der Waals surface area contributed by atoms with Crippen molar-refractivity contribution in [2.24, 2.45) is 0 Å². The van der Waals surface area contributed by atoms with Crippen LogP contribution in [0.25, 0.3) is 6.08 Å². The van der Waals surface area contributed by atoms with Crippen molar-refractivity contribution in [2.45, 2.75) is 32.5 Å². The SMILES string of the molecule is CC(C)(C)OC(=O)NCC=Cc1cc(F)c(N)cc1C(F)(F)F. The van der Waals surface area contributed by atoms with Crippen molar-refractivity contribution >= 4 is 17.9 Å². The maximum Gasteiger partial charge on any atom is 0.417 e. The van der Waals surface area contributed by atoms with E-state index in [1.54, 1.807) is 20.8 Å². The molecule has 0 radical (unpaired) electrons. The number of carbonyl (C=O) groups is 1. The van der Waals surface area contributed by atoms with Gasteiger partial charge in [-0.2, -0.15) is 13.2 Å². The van der Waals surface area contributed by atoms with Crippen LogP contribution in [0.5, 0.6) is 0 Å². The molecule has 3 N–H and O–H groups in total. The fourth-order valence-electron chi connectivity index (χ4n) is 1.63. The molecule has 1 aromatic carbocycles. The van der Waals surface area contributed by atoms with Crippen LogP contribution >= 0.6 is 0 Å². The van der Waals surface area contributed by atoms with E-state index >= 15 is 0 Å². The Kier molecular flexibility index (Phi) is 5.63. The number of alkyl halides is 3. The van der Waals surface area contributed by atoms with E-state index in [1.165, 1.54) is 6.08 Å². The van der Waals surface area contributed by atoms with E-state index in [9.17, 15) is 22.4 Å². The van der Waals surface area contributed by atoms with Gasteiger partial charge in [0.25, 0.3) is 0 Å². The summed E-state index contributed by atoms with van der Waals surface area (Å²) in [7, 11) is 0. The molecule has 0 bridgehead atoms. The van der Waals surface area contributed by atoms with E-state index in [0.717, 1.165) is 6.08 Å². The van der Waals surface area contributed by atoms with Gasteiger partial charge in [0.1, 0.15) is 11.4 Å². The monoisotopic (exact) mass is 334 g/mol. The zero-order valence-electron chi connectivity index (χ0n) is 12.9. The van der Waals surface area contributed by atoms with Crippen LogP contribution in [0.3, 0.4) is 0 Å². The van der Waals surface area contributed by atoms with Crippen LogP contribution in [0.2, 0.25) is 0 Å². The molecule has 1 rings (SSSR count). The number of halogens is 4. The number of alkyl carbamates (subject to hydrolysis) is 1. The summed E-state index contributed by atoms with van der Waals surface area (Å²) in [4.78, 5) is 11.4. The first-order chi connectivity index (χ1) is 10.4. The fraction of sp³-hybridized carbons (Fsp3) is 0.400. The summed E-state index contributed by atoms with van der Waals surface area (Å²) in [6.45, 7) is 4.96. The molecule has 1 aromatic rings. The number of nitrogen functional groups attached to an aromatic ring is 1. The highest BCUT2D eigenvalue weighted by atomic mass is 19.4. The van der Waals surface area contributed by atoms with Gasteiger partial charge in [-0.1, -0.05) is 12.2 Å². The standard InChI is InChI=1S/C15H18F4N2O2/c1-14(2,3)23-13(22)21-6-4-5-9-7-11(16)12(20)8-10(9)15(17,18)19/h4-5,7-8H,6,20H2,1-3H3,(H,21,22). The van der Waals surface area contributed by atoms with Crippen LogP contribution in [-0.2, 0) is 10.9 Å². The average Bonchev–Trinajstić information content (AvgIpc) is 2.35. The molecule has 0 saturated heterocycles. The summed E-state index contributed by atoms with van der Waals surface area (Å²) in [6.07, 6.45) is -3.06. The summed E-state index contributed by atoms with van der Waals surface area (Å²) in [6, 6.07) is 1.23. The Labute approximate surface area is 131 Å². The second-order valence-corrected chi connectivity index (χ2v) is 5.74. The van der Waals surface area contributed by atoms with Crippen LogP contribution in [0.15, 0.2) is 18.2 Å². The van der Waals surface area contributed by atoms with Crippen LogP contribution in [0.4, 0.5) is 28.0 Å². The summed E-state index contributed by atoms with van der Waals surface area (Å²) in [5, 5.41) is 2.35. The molecule has 0 aliphatic carbocycles. The van der Waals surface area contributed by atoms with Crippen molar-refractivity contribution in [3.8, 4) is 0 Å². The predicted octanol–water partition coefficient (Wildman–Crippen LogP) is 3.96. The lowest BCUT2D eigenvalue weighted by Gasteiger charge is -2.19. The first-order valence-corrected chi connectivity index (χ1v) is 6.70. The normalized spacial score (nSPS) is 12.5. The molecule has 4 nitrogen and oxygen atoms in total.